The lowest BCUT2D eigenvalue weighted by atomic mass is 10.2. The van der Waals surface area contributed by atoms with Gasteiger partial charge in [0.15, 0.2) is 5.96 Å². The van der Waals surface area contributed by atoms with Crippen LogP contribution in [0.1, 0.15) is 11.3 Å². The molecule has 128 valence electrons. The summed E-state index contributed by atoms with van der Waals surface area (Å²) in [5, 5.41) is 3.51. The first-order valence-electron chi connectivity index (χ1n) is 8.39. The molecule has 0 aliphatic carbocycles. The van der Waals surface area contributed by atoms with E-state index in [0.29, 0.717) is 0 Å². The standard InChI is InChI=1S/C16H26ClN5S/c1-18-16(19-5-8-20-6-2-7-20)22-11-9-21(10-12-22)13-14-3-4-15(17)23-14/h3-4H,2,5-13H2,1H3,(H,18,19). The fourth-order valence-corrected chi connectivity index (χ4v) is 4.17. The first-order valence-corrected chi connectivity index (χ1v) is 9.58. The Morgan fingerprint density at radius 2 is 1.96 bits per heavy atom. The number of piperazine rings is 1. The van der Waals surface area contributed by atoms with Gasteiger partial charge >= 0.3 is 0 Å². The molecule has 1 aromatic heterocycles. The first-order chi connectivity index (χ1) is 11.2. The molecular weight excluding hydrogens is 330 g/mol. The lowest BCUT2D eigenvalue weighted by Crippen LogP contribution is -2.53. The summed E-state index contributed by atoms with van der Waals surface area (Å²) in [6.07, 6.45) is 1.35. The summed E-state index contributed by atoms with van der Waals surface area (Å²) in [5.41, 5.74) is 0. The zero-order valence-corrected chi connectivity index (χ0v) is 15.4. The summed E-state index contributed by atoms with van der Waals surface area (Å²) >= 11 is 7.70. The van der Waals surface area contributed by atoms with Crippen molar-refractivity contribution in [3.8, 4) is 0 Å². The average Bonchev–Trinajstić information content (AvgIpc) is 2.92. The van der Waals surface area contributed by atoms with Crippen molar-refractivity contribution in [2.45, 2.75) is 13.0 Å². The molecule has 0 unspecified atom stereocenters. The highest BCUT2D eigenvalue weighted by atomic mass is 35.5. The molecule has 0 amide bonds. The van der Waals surface area contributed by atoms with E-state index in [2.05, 4.69) is 31.1 Å². The fourth-order valence-electron chi connectivity index (χ4n) is 3.04. The van der Waals surface area contributed by atoms with Crippen molar-refractivity contribution in [2.75, 3.05) is 59.4 Å². The van der Waals surface area contributed by atoms with Gasteiger partial charge in [-0.25, -0.2) is 0 Å². The molecule has 3 heterocycles. The molecule has 3 rings (SSSR count). The second-order valence-electron chi connectivity index (χ2n) is 6.14. The Hall–Kier alpha value is -0.820. The predicted molar refractivity (Wildman–Crippen MR) is 98.6 cm³/mol. The maximum absolute atomic E-state index is 6.01. The van der Waals surface area contributed by atoms with Crippen molar-refractivity contribution >= 4 is 28.9 Å². The smallest absolute Gasteiger partial charge is 0.193 e. The number of guanidine groups is 1. The van der Waals surface area contributed by atoms with Gasteiger partial charge in [-0.3, -0.25) is 9.89 Å². The normalized spacial score (nSPS) is 20.6. The number of hydrogen-bond acceptors (Lipinski definition) is 4. The Morgan fingerprint density at radius 3 is 2.52 bits per heavy atom. The van der Waals surface area contributed by atoms with E-state index in [4.69, 9.17) is 11.6 Å². The van der Waals surface area contributed by atoms with Gasteiger partial charge in [0, 0.05) is 57.7 Å². The van der Waals surface area contributed by atoms with E-state index < -0.39 is 0 Å². The molecule has 2 fully saturated rings. The Kier molecular flexibility index (Phi) is 6.16. The molecule has 2 aliphatic rings. The molecule has 23 heavy (non-hydrogen) atoms. The molecule has 2 saturated heterocycles. The van der Waals surface area contributed by atoms with Crippen molar-refractivity contribution in [1.29, 1.82) is 0 Å². The maximum Gasteiger partial charge on any atom is 0.193 e. The van der Waals surface area contributed by atoms with Crippen LogP contribution in [0.3, 0.4) is 0 Å². The van der Waals surface area contributed by atoms with Crippen molar-refractivity contribution in [2.24, 2.45) is 4.99 Å². The van der Waals surface area contributed by atoms with Crippen molar-refractivity contribution in [3.63, 3.8) is 0 Å². The fraction of sp³-hybridized carbons (Fsp3) is 0.688. The lowest BCUT2D eigenvalue weighted by molar-refractivity contribution is 0.170. The Balaban J connectivity index is 1.39. The number of aliphatic imine (C=N–C) groups is 1. The third-order valence-corrected chi connectivity index (χ3v) is 5.77. The Morgan fingerprint density at radius 1 is 1.17 bits per heavy atom. The van der Waals surface area contributed by atoms with E-state index in [1.165, 1.54) is 24.4 Å². The highest BCUT2D eigenvalue weighted by Gasteiger charge is 2.20. The average molecular weight is 356 g/mol. The van der Waals surface area contributed by atoms with Crippen LogP contribution in [0.15, 0.2) is 17.1 Å². The van der Waals surface area contributed by atoms with Crippen LogP contribution in [-0.2, 0) is 6.54 Å². The van der Waals surface area contributed by atoms with Crippen LogP contribution in [0, 0.1) is 0 Å². The van der Waals surface area contributed by atoms with Crippen LogP contribution < -0.4 is 5.32 Å². The summed E-state index contributed by atoms with van der Waals surface area (Å²) in [4.78, 5) is 13.1. The zero-order chi connectivity index (χ0) is 16.1. The molecule has 2 aliphatic heterocycles. The highest BCUT2D eigenvalue weighted by Crippen LogP contribution is 2.23. The van der Waals surface area contributed by atoms with E-state index >= 15 is 0 Å². The molecule has 1 aromatic rings. The van der Waals surface area contributed by atoms with Gasteiger partial charge in [-0.2, -0.15) is 0 Å². The minimum Gasteiger partial charge on any atom is -0.355 e. The number of rotatable bonds is 5. The summed E-state index contributed by atoms with van der Waals surface area (Å²) < 4.78 is 0.880. The number of halogens is 1. The van der Waals surface area contributed by atoms with Crippen molar-refractivity contribution in [1.82, 2.24) is 20.0 Å². The van der Waals surface area contributed by atoms with Gasteiger partial charge in [0.1, 0.15) is 0 Å². The first kappa shape index (κ1) is 17.0. The van der Waals surface area contributed by atoms with E-state index in [-0.39, 0.29) is 0 Å². The number of hydrogen-bond donors (Lipinski definition) is 1. The van der Waals surface area contributed by atoms with Crippen LogP contribution in [-0.4, -0.2) is 80.1 Å². The van der Waals surface area contributed by atoms with Gasteiger partial charge < -0.3 is 15.1 Å². The number of likely N-dealkylation sites (tertiary alicyclic amines) is 1. The largest absolute Gasteiger partial charge is 0.355 e. The Bertz CT molecular complexity index is 520. The predicted octanol–water partition coefficient (Wildman–Crippen LogP) is 1.80. The maximum atomic E-state index is 6.01. The summed E-state index contributed by atoms with van der Waals surface area (Å²) in [6.45, 7) is 9.83. The minimum absolute atomic E-state index is 0.880. The Labute approximate surface area is 147 Å². The molecule has 0 radical (unpaired) electrons. The summed E-state index contributed by atoms with van der Waals surface area (Å²) in [5.74, 6) is 1.05. The summed E-state index contributed by atoms with van der Waals surface area (Å²) in [7, 11) is 1.88. The number of nitrogens with zero attached hydrogens (tertiary/aromatic N) is 4. The van der Waals surface area contributed by atoms with Crippen LogP contribution in [0.25, 0.3) is 0 Å². The van der Waals surface area contributed by atoms with E-state index in [1.54, 1.807) is 11.3 Å². The van der Waals surface area contributed by atoms with E-state index in [1.807, 2.05) is 13.1 Å². The third-order valence-electron chi connectivity index (χ3n) is 4.55. The minimum atomic E-state index is 0.880. The van der Waals surface area contributed by atoms with Crippen LogP contribution in [0.5, 0.6) is 0 Å². The number of nitrogens with one attached hydrogen (secondary N) is 1. The van der Waals surface area contributed by atoms with Crippen molar-refractivity contribution < 1.29 is 0 Å². The molecule has 0 atom stereocenters. The molecule has 0 bridgehead atoms. The molecule has 0 saturated carbocycles. The van der Waals surface area contributed by atoms with Crippen LogP contribution in [0.2, 0.25) is 4.34 Å². The van der Waals surface area contributed by atoms with Crippen LogP contribution in [0.4, 0.5) is 0 Å². The van der Waals surface area contributed by atoms with Gasteiger partial charge in [0.2, 0.25) is 0 Å². The molecular formula is C16H26ClN5S. The van der Waals surface area contributed by atoms with Gasteiger partial charge in [-0.1, -0.05) is 11.6 Å². The number of thiophene rings is 1. The second kappa shape index (κ2) is 8.33. The SMILES string of the molecule is CN=C(NCCN1CCC1)N1CCN(Cc2ccc(Cl)s2)CC1. The van der Waals surface area contributed by atoms with E-state index in [9.17, 15) is 0 Å². The van der Waals surface area contributed by atoms with E-state index in [0.717, 1.165) is 56.1 Å². The lowest BCUT2D eigenvalue weighted by Gasteiger charge is -2.37. The van der Waals surface area contributed by atoms with Gasteiger partial charge in [-0.05, 0) is 31.6 Å². The molecule has 0 spiro atoms. The second-order valence-corrected chi connectivity index (χ2v) is 7.94. The third kappa shape index (κ3) is 4.83. The summed E-state index contributed by atoms with van der Waals surface area (Å²) in [6, 6.07) is 4.12. The molecule has 1 N–H and O–H groups in total. The molecule has 5 nitrogen and oxygen atoms in total. The quantitative estimate of drug-likeness (QED) is 0.645. The van der Waals surface area contributed by atoms with Crippen molar-refractivity contribution in [3.05, 3.63) is 21.3 Å². The van der Waals surface area contributed by atoms with Gasteiger partial charge in [-0.15, -0.1) is 11.3 Å². The monoisotopic (exact) mass is 355 g/mol. The molecule has 0 aromatic carbocycles. The van der Waals surface area contributed by atoms with Gasteiger partial charge in [0.25, 0.3) is 0 Å². The topological polar surface area (TPSA) is 34.1 Å². The zero-order valence-electron chi connectivity index (χ0n) is 13.8. The van der Waals surface area contributed by atoms with Gasteiger partial charge in [0.05, 0.1) is 4.34 Å². The molecule has 7 heteroatoms. The highest BCUT2D eigenvalue weighted by molar-refractivity contribution is 7.16. The van der Waals surface area contributed by atoms with Crippen LogP contribution >= 0.6 is 22.9 Å².